The van der Waals surface area contributed by atoms with E-state index in [1.807, 2.05) is 7.05 Å². The minimum Gasteiger partial charge on any atom is -0.505 e. The summed E-state index contributed by atoms with van der Waals surface area (Å²) >= 11 is 0. The maximum atomic E-state index is 12.3. The van der Waals surface area contributed by atoms with Gasteiger partial charge in [0.25, 0.3) is 11.8 Å². The number of anilines is 1. The van der Waals surface area contributed by atoms with Gasteiger partial charge in [-0.2, -0.15) is 0 Å². The first-order valence-corrected chi connectivity index (χ1v) is 9.52. The summed E-state index contributed by atoms with van der Waals surface area (Å²) in [4.78, 5) is 20.7. The Bertz CT molecular complexity index is 995. The van der Waals surface area contributed by atoms with Gasteiger partial charge in [-0.15, -0.1) is 5.10 Å². The van der Waals surface area contributed by atoms with E-state index in [2.05, 4.69) is 20.4 Å². The van der Waals surface area contributed by atoms with E-state index >= 15 is 0 Å². The monoisotopic (exact) mass is 381 g/mol. The van der Waals surface area contributed by atoms with Crippen LogP contribution in [0.4, 0.5) is 5.69 Å². The van der Waals surface area contributed by atoms with E-state index in [1.54, 1.807) is 23.0 Å². The molecule has 2 N–H and O–H groups in total. The molecule has 8 nitrogen and oxygen atoms in total. The zero-order valence-electron chi connectivity index (χ0n) is 15.8. The first-order chi connectivity index (χ1) is 13.6. The first kappa shape index (κ1) is 18.2. The second-order valence-electron chi connectivity index (χ2n) is 7.16. The zero-order valence-corrected chi connectivity index (χ0v) is 15.8. The van der Waals surface area contributed by atoms with Crippen molar-refractivity contribution in [3.8, 4) is 11.6 Å². The molecule has 0 unspecified atom stereocenters. The van der Waals surface area contributed by atoms with E-state index in [9.17, 15) is 9.90 Å². The number of hydrogen-bond acceptors (Lipinski definition) is 6. The minimum absolute atomic E-state index is 0.0379. The van der Waals surface area contributed by atoms with Crippen molar-refractivity contribution in [3.63, 3.8) is 0 Å². The van der Waals surface area contributed by atoms with E-state index in [0.717, 1.165) is 5.52 Å². The number of ether oxygens (including phenoxy) is 1. The summed E-state index contributed by atoms with van der Waals surface area (Å²) in [7, 11) is 1.81. The van der Waals surface area contributed by atoms with Crippen LogP contribution in [0.3, 0.4) is 0 Å². The van der Waals surface area contributed by atoms with Crippen molar-refractivity contribution in [3.05, 3.63) is 36.3 Å². The predicted molar refractivity (Wildman–Crippen MR) is 104 cm³/mol. The number of nitrogens with zero attached hydrogens (tertiary/aromatic N) is 4. The molecule has 0 bridgehead atoms. The van der Waals surface area contributed by atoms with Crippen molar-refractivity contribution in [1.82, 2.24) is 19.7 Å². The first-order valence-electron chi connectivity index (χ1n) is 9.52. The summed E-state index contributed by atoms with van der Waals surface area (Å²) < 4.78 is 7.65. The summed E-state index contributed by atoms with van der Waals surface area (Å²) in [6, 6.07) is 4.76. The van der Waals surface area contributed by atoms with Crippen molar-refractivity contribution >= 4 is 22.6 Å². The van der Waals surface area contributed by atoms with Crippen LogP contribution in [-0.4, -0.2) is 37.4 Å². The number of hydrogen-bond donors (Lipinski definition) is 2. The molecule has 0 radical (unpaired) electrons. The summed E-state index contributed by atoms with van der Waals surface area (Å²) in [5, 5.41) is 16.9. The number of aryl methyl sites for hydroxylation is 1. The molecule has 3 heterocycles. The SMILES string of the molecule is Cn1nc(OCC2CCCCC2)c2ncc(NC(=O)c3ncccc3O)cc21. The average Bonchev–Trinajstić information content (AvgIpc) is 3.03. The second kappa shape index (κ2) is 7.84. The van der Waals surface area contributed by atoms with E-state index in [-0.39, 0.29) is 11.4 Å². The predicted octanol–water partition coefficient (Wildman–Crippen LogP) is 3.28. The van der Waals surface area contributed by atoms with Crippen LogP contribution in [0, 0.1) is 5.92 Å². The lowest BCUT2D eigenvalue weighted by Crippen LogP contribution is -2.15. The quantitative estimate of drug-likeness (QED) is 0.703. The number of aromatic hydroxyl groups is 1. The number of nitrogens with one attached hydrogen (secondary N) is 1. The largest absolute Gasteiger partial charge is 0.505 e. The number of carbonyl (C=O) groups is 1. The lowest BCUT2D eigenvalue weighted by atomic mass is 9.90. The lowest BCUT2D eigenvalue weighted by Gasteiger charge is -2.20. The fourth-order valence-corrected chi connectivity index (χ4v) is 3.58. The minimum atomic E-state index is -0.504. The summed E-state index contributed by atoms with van der Waals surface area (Å²) in [6.07, 6.45) is 9.26. The number of fused-ring (bicyclic) bond motifs is 1. The molecule has 0 saturated heterocycles. The Kier molecular flexibility index (Phi) is 5.10. The molecule has 1 saturated carbocycles. The van der Waals surface area contributed by atoms with Gasteiger partial charge in [0.2, 0.25) is 0 Å². The Morgan fingerprint density at radius 1 is 1.32 bits per heavy atom. The van der Waals surface area contributed by atoms with Crippen LogP contribution in [0.1, 0.15) is 42.6 Å². The number of aromatic nitrogens is 4. The van der Waals surface area contributed by atoms with Gasteiger partial charge in [-0.25, -0.2) is 9.97 Å². The van der Waals surface area contributed by atoms with Gasteiger partial charge in [-0.1, -0.05) is 19.3 Å². The lowest BCUT2D eigenvalue weighted by molar-refractivity contribution is 0.101. The van der Waals surface area contributed by atoms with E-state index in [0.29, 0.717) is 29.6 Å². The summed E-state index contributed by atoms with van der Waals surface area (Å²) in [5.41, 5.74) is 1.87. The van der Waals surface area contributed by atoms with Gasteiger partial charge in [-0.05, 0) is 37.0 Å². The van der Waals surface area contributed by atoms with Gasteiger partial charge in [0.1, 0.15) is 5.75 Å². The van der Waals surface area contributed by atoms with Crippen LogP contribution in [0.25, 0.3) is 11.0 Å². The Morgan fingerprint density at radius 3 is 2.93 bits per heavy atom. The van der Waals surface area contributed by atoms with Gasteiger partial charge in [0.15, 0.2) is 11.2 Å². The highest BCUT2D eigenvalue weighted by Crippen LogP contribution is 2.28. The molecular weight excluding hydrogens is 358 g/mol. The van der Waals surface area contributed by atoms with Crippen molar-refractivity contribution in [2.45, 2.75) is 32.1 Å². The van der Waals surface area contributed by atoms with Crippen LogP contribution in [-0.2, 0) is 7.05 Å². The van der Waals surface area contributed by atoms with Crippen LogP contribution < -0.4 is 10.1 Å². The average molecular weight is 381 g/mol. The smallest absolute Gasteiger partial charge is 0.278 e. The zero-order chi connectivity index (χ0) is 19.5. The van der Waals surface area contributed by atoms with Crippen LogP contribution in [0.15, 0.2) is 30.6 Å². The van der Waals surface area contributed by atoms with Gasteiger partial charge in [0.05, 0.1) is 24.0 Å². The second-order valence-corrected chi connectivity index (χ2v) is 7.16. The van der Waals surface area contributed by atoms with Crippen molar-refractivity contribution in [2.75, 3.05) is 11.9 Å². The molecule has 8 heteroatoms. The van der Waals surface area contributed by atoms with Crippen LogP contribution in [0.5, 0.6) is 11.6 Å². The molecule has 146 valence electrons. The topological polar surface area (TPSA) is 102 Å². The Labute approximate surface area is 162 Å². The molecule has 3 aromatic heterocycles. The molecule has 1 aliphatic carbocycles. The molecule has 1 aliphatic rings. The normalized spacial score (nSPS) is 14.9. The molecule has 1 amide bonds. The number of amides is 1. The number of pyridine rings is 2. The molecule has 0 atom stereocenters. The third-order valence-corrected chi connectivity index (χ3v) is 5.10. The summed E-state index contributed by atoms with van der Waals surface area (Å²) in [5.74, 6) is 0.418. The Balaban J connectivity index is 1.50. The molecule has 3 aromatic rings. The fourth-order valence-electron chi connectivity index (χ4n) is 3.58. The number of rotatable bonds is 5. The van der Waals surface area contributed by atoms with Crippen molar-refractivity contribution in [2.24, 2.45) is 13.0 Å². The van der Waals surface area contributed by atoms with Gasteiger partial charge in [-0.3, -0.25) is 9.48 Å². The molecular formula is C20H23N5O3. The third kappa shape index (κ3) is 3.76. The number of carbonyl (C=O) groups excluding carboxylic acids is 1. The van der Waals surface area contributed by atoms with Crippen LogP contribution >= 0.6 is 0 Å². The molecule has 0 spiro atoms. The third-order valence-electron chi connectivity index (χ3n) is 5.10. The Hall–Kier alpha value is -3.16. The summed E-state index contributed by atoms with van der Waals surface area (Å²) in [6.45, 7) is 0.658. The highest BCUT2D eigenvalue weighted by Gasteiger charge is 2.18. The molecule has 0 aromatic carbocycles. The standard InChI is InChI=1S/C20H23N5O3/c1-25-15-10-14(23-19(27)18-16(26)8-5-9-21-18)11-22-17(15)20(24-25)28-12-13-6-3-2-4-7-13/h5,8-11,13,26H,2-4,6-7,12H2,1H3,(H,23,27). The molecule has 28 heavy (non-hydrogen) atoms. The van der Waals surface area contributed by atoms with Gasteiger partial charge >= 0.3 is 0 Å². The van der Waals surface area contributed by atoms with E-state index in [4.69, 9.17) is 4.74 Å². The Morgan fingerprint density at radius 2 is 2.14 bits per heavy atom. The molecule has 4 rings (SSSR count). The highest BCUT2D eigenvalue weighted by atomic mass is 16.5. The molecule has 0 aliphatic heterocycles. The van der Waals surface area contributed by atoms with E-state index in [1.165, 1.54) is 44.4 Å². The van der Waals surface area contributed by atoms with Crippen LogP contribution in [0.2, 0.25) is 0 Å². The maximum absolute atomic E-state index is 12.3. The highest BCUT2D eigenvalue weighted by molar-refractivity contribution is 6.05. The van der Waals surface area contributed by atoms with Crippen molar-refractivity contribution < 1.29 is 14.6 Å². The fraction of sp³-hybridized carbons (Fsp3) is 0.400. The van der Waals surface area contributed by atoms with Gasteiger partial charge < -0.3 is 15.2 Å². The van der Waals surface area contributed by atoms with E-state index < -0.39 is 5.91 Å². The van der Waals surface area contributed by atoms with Crippen molar-refractivity contribution in [1.29, 1.82) is 0 Å². The van der Waals surface area contributed by atoms with Gasteiger partial charge in [0, 0.05) is 13.2 Å². The molecule has 1 fully saturated rings. The maximum Gasteiger partial charge on any atom is 0.278 e.